The highest BCUT2D eigenvalue weighted by Gasteiger charge is 2.28. The molecule has 0 bridgehead atoms. The van der Waals surface area contributed by atoms with E-state index in [1.807, 2.05) is 0 Å². The summed E-state index contributed by atoms with van der Waals surface area (Å²) in [7, 11) is -0.650. The van der Waals surface area contributed by atoms with E-state index in [0.29, 0.717) is 11.0 Å². The van der Waals surface area contributed by atoms with E-state index in [1.165, 1.54) is 41.4 Å². The zero-order chi connectivity index (χ0) is 15.4. The van der Waals surface area contributed by atoms with Gasteiger partial charge >= 0.3 is 11.1 Å². The normalized spacial score (nSPS) is 15.5. The van der Waals surface area contributed by atoms with Gasteiger partial charge in [-0.05, 0) is 31.0 Å². The molecular formula is C13H15N3O4S. The number of aromatic nitrogens is 2. The highest BCUT2D eigenvalue weighted by Crippen LogP contribution is 2.23. The van der Waals surface area contributed by atoms with Crippen molar-refractivity contribution < 1.29 is 8.42 Å². The monoisotopic (exact) mass is 309 g/mol. The summed E-state index contributed by atoms with van der Waals surface area (Å²) in [4.78, 5) is 23.6. The van der Waals surface area contributed by atoms with Gasteiger partial charge in [0.15, 0.2) is 0 Å². The first-order valence-corrected chi connectivity index (χ1v) is 8.02. The first-order valence-electron chi connectivity index (χ1n) is 6.53. The molecule has 1 aliphatic carbocycles. The molecule has 2 aromatic rings. The maximum atomic E-state index is 12.2. The largest absolute Gasteiger partial charge is 0.316 e. The molecule has 0 radical (unpaired) electrons. The van der Waals surface area contributed by atoms with Crippen LogP contribution >= 0.6 is 0 Å². The van der Waals surface area contributed by atoms with E-state index < -0.39 is 21.1 Å². The molecule has 21 heavy (non-hydrogen) atoms. The fraction of sp³-hybridized carbons (Fsp3) is 0.385. The molecule has 1 aromatic heterocycles. The van der Waals surface area contributed by atoms with Crippen molar-refractivity contribution in [3.05, 3.63) is 38.9 Å². The van der Waals surface area contributed by atoms with Crippen LogP contribution in [0.2, 0.25) is 0 Å². The molecular weight excluding hydrogens is 294 g/mol. The maximum Gasteiger partial charge on any atom is 0.316 e. The minimum atomic E-state index is -3.59. The van der Waals surface area contributed by atoms with Crippen LogP contribution < -0.4 is 15.8 Å². The number of hydrogen-bond acceptors (Lipinski definition) is 4. The highest BCUT2D eigenvalue weighted by atomic mass is 32.2. The molecule has 1 saturated carbocycles. The molecule has 0 unspecified atom stereocenters. The number of hydrogen-bond donors (Lipinski definition) is 1. The minimum Gasteiger partial charge on any atom is -0.305 e. The summed E-state index contributed by atoms with van der Waals surface area (Å²) in [6, 6.07) is 4.41. The van der Waals surface area contributed by atoms with E-state index >= 15 is 0 Å². The van der Waals surface area contributed by atoms with Gasteiger partial charge in [0.1, 0.15) is 0 Å². The van der Waals surface area contributed by atoms with Gasteiger partial charge in [0.25, 0.3) is 0 Å². The van der Waals surface area contributed by atoms with E-state index in [4.69, 9.17) is 0 Å². The number of sulfonamides is 1. The average molecular weight is 309 g/mol. The molecule has 0 aliphatic heterocycles. The highest BCUT2D eigenvalue weighted by molar-refractivity contribution is 7.89. The summed E-state index contributed by atoms with van der Waals surface area (Å²) in [5.74, 6) is 0. The minimum absolute atomic E-state index is 0.00893. The molecule has 1 N–H and O–H groups in total. The van der Waals surface area contributed by atoms with Crippen molar-refractivity contribution in [3.63, 3.8) is 0 Å². The van der Waals surface area contributed by atoms with Crippen molar-refractivity contribution in [2.75, 3.05) is 0 Å². The van der Waals surface area contributed by atoms with Gasteiger partial charge in [-0.15, -0.1) is 0 Å². The molecule has 7 nitrogen and oxygen atoms in total. The van der Waals surface area contributed by atoms with Crippen LogP contribution in [0.25, 0.3) is 11.0 Å². The van der Waals surface area contributed by atoms with Gasteiger partial charge in [0.2, 0.25) is 10.0 Å². The third-order valence-corrected chi connectivity index (χ3v) is 5.19. The SMILES string of the molecule is Cn1c(=O)c(=O)n(C)c2cc(S(=O)(=O)NC3CC3)ccc21. The molecule has 0 spiro atoms. The lowest BCUT2D eigenvalue weighted by atomic mass is 10.3. The topological polar surface area (TPSA) is 90.2 Å². The lowest BCUT2D eigenvalue weighted by molar-refractivity contribution is 0.581. The molecule has 1 aromatic carbocycles. The fourth-order valence-corrected chi connectivity index (χ4v) is 3.54. The predicted molar refractivity (Wildman–Crippen MR) is 77.8 cm³/mol. The first kappa shape index (κ1) is 14.0. The maximum absolute atomic E-state index is 12.2. The van der Waals surface area contributed by atoms with Crippen molar-refractivity contribution in [1.29, 1.82) is 0 Å². The molecule has 1 fully saturated rings. The Kier molecular flexibility index (Phi) is 3.03. The van der Waals surface area contributed by atoms with Crippen molar-refractivity contribution in [3.8, 4) is 0 Å². The Balaban J connectivity index is 2.25. The number of rotatable bonds is 3. The van der Waals surface area contributed by atoms with E-state index in [0.717, 1.165) is 12.8 Å². The van der Waals surface area contributed by atoms with Crippen molar-refractivity contribution in [1.82, 2.24) is 13.9 Å². The zero-order valence-corrected chi connectivity index (χ0v) is 12.5. The number of nitrogens with zero attached hydrogens (tertiary/aromatic N) is 2. The number of nitrogens with one attached hydrogen (secondary N) is 1. The lowest BCUT2D eigenvalue weighted by Crippen LogP contribution is -2.39. The Hall–Kier alpha value is -1.93. The van der Waals surface area contributed by atoms with Gasteiger partial charge < -0.3 is 9.13 Å². The second-order valence-corrected chi connectivity index (χ2v) is 6.99. The summed E-state index contributed by atoms with van der Waals surface area (Å²) < 4.78 is 29.4. The van der Waals surface area contributed by atoms with Gasteiger partial charge in [-0.2, -0.15) is 0 Å². The van der Waals surface area contributed by atoms with Crippen LogP contribution in [0.3, 0.4) is 0 Å². The standard InChI is InChI=1S/C13H15N3O4S/c1-15-10-6-5-9(21(19,20)14-8-3-4-8)7-11(10)16(2)13(18)12(15)17/h5-8,14H,3-4H2,1-2H3. The third-order valence-electron chi connectivity index (χ3n) is 3.67. The zero-order valence-electron chi connectivity index (χ0n) is 11.7. The summed E-state index contributed by atoms with van der Waals surface area (Å²) >= 11 is 0. The van der Waals surface area contributed by atoms with Crippen LogP contribution in [0.5, 0.6) is 0 Å². The van der Waals surface area contributed by atoms with Crippen LogP contribution in [0.4, 0.5) is 0 Å². The second-order valence-electron chi connectivity index (χ2n) is 5.27. The Labute approximate surface area is 120 Å². The van der Waals surface area contributed by atoms with Crippen LogP contribution in [-0.4, -0.2) is 23.6 Å². The smallest absolute Gasteiger partial charge is 0.305 e. The van der Waals surface area contributed by atoms with Gasteiger partial charge in [0.05, 0.1) is 15.9 Å². The predicted octanol–water partition coefficient (Wildman–Crippen LogP) is -0.322. The van der Waals surface area contributed by atoms with Crippen LogP contribution in [0.1, 0.15) is 12.8 Å². The van der Waals surface area contributed by atoms with E-state index in [2.05, 4.69) is 4.72 Å². The van der Waals surface area contributed by atoms with Gasteiger partial charge in [-0.1, -0.05) is 0 Å². The number of fused-ring (bicyclic) bond motifs is 1. The Morgan fingerprint density at radius 3 is 2.19 bits per heavy atom. The van der Waals surface area contributed by atoms with Gasteiger partial charge in [-0.3, -0.25) is 9.59 Å². The summed E-state index contributed by atoms with van der Waals surface area (Å²) in [5, 5.41) is 0. The van der Waals surface area contributed by atoms with Crippen LogP contribution in [0, 0.1) is 0 Å². The van der Waals surface area contributed by atoms with Crippen LogP contribution in [0.15, 0.2) is 32.7 Å². The summed E-state index contributed by atoms with van der Waals surface area (Å²) in [6.07, 6.45) is 1.69. The quantitative estimate of drug-likeness (QED) is 0.787. The molecule has 8 heteroatoms. The molecule has 1 aliphatic rings. The Bertz CT molecular complexity index is 952. The van der Waals surface area contributed by atoms with Gasteiger partial charge in [-0.25, -0.2) is 13.1 Å². The fourth-order valence-electron chi connectivity index (χ4n) is 2.22. The van der Waals surface area contributed by atoms with Gasteiger partial charge in [0, 0.05) is 20.1 Å². The molecule has 3 rings (SSSR count). The average Bonchev–Trinajstić information content (AvgIpc) is 3.25. The van der Waals surface area contributed by atoms with Crippen molar-refractivity contribution >= 4 is 21.1 Å². The summed E-state index contributed by atoms with van der Waals surface area (Å²) in [6.45, 7) is 0. The Morgan fingerprint density at radius 2 is 1.62 bits per heavy atom. The second kappa shape index (κ2) is 4.54. The molecule has 0 atom stereocenters. The van der Waals surface area contributed by atoms with E-state index in [9.17, 15) is 18.0 Å². The Morgan fingerprint density at radius 1 is 1.05 bits per heavy atom. The molecule has 0 saturated heterocycles. The van der Waals surface area contributed by atoms with Crippen LogP contribution in [-0.2, 0) is 24.1 Å². The number of aryl methyl sites for hydroxylation is 2. The van der Waals surface area contributed by atoms with E-state index in [1.54, 1.807) is 0 Å². The van der Waals surface area contributed by atoms with Crippen molar-refractivity contribution in [2.45, 2.75) is 23.8 Å². The summed E-state index contributed by atoms with van der Waals surface area (Å²) in [5.41, 5.74) is -0.417. The third kappa shape index (κ3) is 2.30. The number of benzene rings is 1. The lowest BCUT2D eigenvalue weighted by Gasteiger charge is -2.11. The van der Waals surface area contributed by atoms with Crippen molar-refractivity contribution in [2.24, 2.45) is 14.1 Å². The molecule has 1 heterocycles. The van der Waals surface area contributed by atoms with E-state index in [-0.39, 0.29) is 10.9 Å². The molecule has 0 amide bonds. The molecule has 112 valence electrons. The first-order chi connectivity index (χ1) is 9.81.